The van der Waals surface area contributed by atoms with Gasteiger partial charge in [0.05, 0.1) is 17.6 Å². The van der Waals surface area contributed by atoms with Gasteiger partial charge in [-0.05, 0) is 55.9 Å². The summed E-state index contributed by atoms with van der Waals surface area (Å²) in [5.41, 5.74) is -1.21. The largest absolute Gasteiger partial charge is 0.490 e. The van der Waals surface area contributed by atoms with Crippen molar-refractivity contribution in [3.8, 4) is 5.75 Å². The fourth-order valence-corrected chi connectivity index (χ4v) is 4.72. The van der Waals surface area contributed by atoms with Crippen LogP contribution in [0.5, 0.6) is 5.75 Å². The van der Waals surface area contributed by atoms with E-state index in [2.05, 4.69) is 10.2 Å². The summed E-state index contributed by atoms with van der Waals surface area (Å²) in [5.74, 6) is -1.01. The minimum Gasteiger partial charge on any atom is -0.490 e. The maximum Gasteiger partial charge on any atom is 0.423 e. The van der Waals surface area contributed by atoms with Gasteiger partial charge in [0, 0.05) is 13.3 Å². The van der Waals surface area contributed by atoms with E-state index in [-0.39, 0.29) is 29.5 Å². The van der Waals surface area contributed by atoms with Gasteiger partial charge in [0.2, 0.25) is 0 Å². The third-order valence-corrected chi connectivity index (χ3v) is 6.69. The number of rotatable bonds is 5. The number of ether oxygens (including phenoxy) is 2. The molecule has 33 heavy (non-hydrogen) atoms. The first-order chi connectivity index (χ1) is 15.7. The summed E-state index contributed by atoms with van der Waals surface area (Å²) in [4.78, 5) is 0. The first-order valence-electron chi connectivity index (χ1n) is 10.8. The summed E-state index contributed by atoms with van der Waals surface area (Å²) >= 11 is 0. The van der Waals surface area contributed by atoms with Crippen LogP contribution >= 0.6 is 0 Å². The van der Waals surface area contributed by atoms with Crippen molar-refractivity contribution in [2.45, 2.75) is 62.1 Å². The number of nitrogens with zero attached hydrogens (tertiary/aromatic N) is 3. The van der Waals surface area contributed by atoms with Gasteiger partial charge in [0.15, 0.2) is 5.65 Å². The molecule has 5 rings (SSSR count). The number of fused-ring (bicyclic) bond motifs is 1. The highest BCUT2D eigenvalue weighted by Gasteiger charge is 2.45. The lowest BCUT2D eigenvalue weighted by Crippen LogP contribution is -2.37. The van der Waals surface area contributed by atoms with Crippen LogP contribution < -0.4 is 4.74 Å². The van der Waals surface area contributed by atoms with Crippen LogP contribution in [0.1, 0.15) is 55.0 Å². The third kappa shape index (κ3) is 3.94. The molecule has 3 aromatic rings. The molecule has 2 fully saturated rings. The van der Waals surface area contributed by atoms with E-state index in [1.807, 2.05) is 0 Å². The number of benzene rings is 1. The van der Waals surface area contributed by atoms with E-state index >= 15 is 0 Å². The molecular weight excluding hydrogens is 445 g/mol. The molecule has 0 radical (unpaired) electrons. The molecule has 2 aliphatic rings. The number of hydrogen-bond donors (Lipinski definition) is 0. The molecule has 10 heteroatoms. The van der Waals surface area contributed by atoms with Gasteiger partial charge in [0.1, 0.15) is 29.1 Å². The topological polar surface area (TPSA) is 48.7 Å². The Hall–Kier alpha value is -2.75. The highest BCUT2D eigenvalue weighted by atomic mass is 19.4. The first kappa shape index (κ1) is 22.1. The van der Waals surface area contributed by atoms with Crippen LogP contribution in [0.4, 0.5) is 22.0 Å². The zero-order valence-corrected chi connectivity index (χ0v) is 17.8. The van der Waals surface area contributed by atoms with Crippen molar-refractivity contribution in [2.24, 2.45) is 0 Å². The molecule has 2 atom stereocenters. The molecule has 1 aromatic carbocycles. The molecule has 0 aliphatic heterocycles. The second-order valence-corrected chi connectivity index (χ2v) is 8.69. The molecule has 0 N–H and O–H groups in total. The predicted octanol–water partition coefficient (Wildman–Crippen LogP) is 5.58. The Balaban J connectivity index is 1.39. The van der Waals surface area contributed by atoms with E-state index in [1.54, 1.807) is 19.2 Å². The number of alkyl halides is 4. The van der Waals surface area contributed by atoms with Crippen molar-refractivity contribution in [1.29, 1.82) is 0 Å². The Bertz CT molecular complexity index is 1150. The lowest BCUT2D eigenvalue weighted by atomic mass is 9.78. The Labute approximate surface area is 186 Å². The fourth-order valence-electron chi connectivity index (χ4n) is 4.72. The molecule has 2 saturated carbocycles. The van der Waals surface area contributed by atoms with Crippen molar-refractivity contribution in [1.82, 2.24) is 14.6 Å². The van der Waals surface area contributed by atoms with Gasteiger partial charge < -0.3 is 9.47 Å². The average Bonchev–Trinajstić information content (AvgIpc) is 3.36. The fraction of sp³-hybridized carbons (Fsp3) is 0.478. The van der Waals surface area contributed by atoms with Gasteiger partial charge in [0.25, 0.3) is 0 Å². The number of aromatic nitrogens is 3. The lowest BCUT2D eigenvalue weighted by Gasteiger charge is -2.39. The molecule has 0 spiro atoms. The monoisotopic (exact) mass is 467 g/mol. The van der Waals surface area contributed by atoms with Crippen molar-refractivity contribution in [3.05, 3.63) is 59.3 Å². The van der Waals surface area contributed by atoms with Crippen LogP contribution in [0.3, 0.4) is 0 Å². The summed E-state index contributed by atoms with van der Waals surface area (Å²) in [6, 6.07) is 7.31. The quantitative estimate of drug-likeness (QED) is 0.460. The maximum atomic E-state index is 14.0. The second kappa shape index (κ2) is 7.93. The van der Waals surface area contributed by atoms with Gasteiger partial charge in [-0.25, -0.2) is 8.78 Å². The highest BCUT2D eigenvalue weighted by Crippen LogP contribution is 2.46. The first-order valence-corrected chi connectivity index (χ1v) is 10.8. The summed E-state index contributed by atoms with van der Waals surface area (Å²) < 4.78 is 81.5. The van der Waals surface area contributed by atoms with E-state index < -0.39 is 35.5 Å². The van der Waals surface area contributed by atoms with E-state index in [0.29, 0.717) is 25.7 Å². The van der Waals surface area contributed by atoms with E-state index in [1.165, 1.54) is 28.8 Å². The Morgan fingerprint density at radius 3 is 2.30 bits per heavy atom. The number of halogens is 5. The van der Waals surface area contributed by atoms with Crippen LogP contribution in [0.25, 0.3) is 5.65 Å². The molecule has 5 nitrogen and oxygen atoms in total. The van der Waals surface area contributed by atoms with Gasteiger partial charge in [-0.2, -0.15) is 13.2 Å². The zero-order valence-electron chi connectivity index (χ0n) is 17.8. The summed E-state index contributed by atoms with van der Waals surface area (Å²) in [7, 11) is 1.57. The highest BCUT2D eigenvalue weighted by molar-refractivity contribution is 5.57. The second-order valence-electron chi connectivity index (χ2n) is 8.69. The minimum absolute atomic E-state index is 0.191. The van der Waals surface area contributed by atoms with Crippen LogP contribution in [-0.4, -0.2) is 34.0 Å². The standard InChI is InChI=1S/C23H22F5N3O2/c1-32-22(13-2-4-14(24)5-3-13)9-6-15(7-10-22)33-18-8-11-31-20(16-12-17(16)25)29-30-21(31)19(18)23(26,27)28/h2-5,8,11,15-17H,6-7,9-10,12H2,1H3/t15-,16-,17-,22-/m1/s1. The molecule has 0 unspecified atom stereocenters. The average molecular weight is 467 g/mol. The Kier molecular flexibility index (Phi) is 5.30. The molecule has 0 bridgehead atoms. The van der Waals surface area contributed by atoms with Crippen molar-refractivity contribution >= 4 is 5.65 Å². The minimum atomic E-state index is -4.72. The molecule has 0 amide bonds. The summed E-state index contributed by atoms with van der Waals surface area (Å²) in [6.45, 7) is 0. The smallest absolute Gasteiger partial charge is 0.423 e. The van der Waals surface area contributed by atoms with Crippen molar-refractivity contribution < 1.29 is 31.4 Å². The van der Waals surface area contributed by atoms with E-state index in [4.69, 9.17) is 9.47 Å². The molecular formula is C23H22F5N3O2. The number of methoxy groups -OCH3 is 1. The Morgan fingerprint density at radius 1 is 1.06 bits per heavy atom. The third-order valence-electron chi connectivity index (χ3n) is 6.69. The van der Waals surface area contributed by atoms with E-state index in [9.17, 15) is 22.0 Å². The lowest BCUT2D eigenvalue weighted by molar-refractivity contribution is -0.138. The van der Waals surface area contributed by atoms with Crippen molar-refractivity contribution in [3.63, 3.8) is 0 Å². The van der Waals surface area contributed by atoms with Crippen molar-refractivity contribution in [2.75, 3.05) is 7.11 Å². The van der Waals surface area contributed by atoms with E-state index in [0.717, 1.165) is 5.56 Å². The number of hydrogen-bond acceptors (Lipinski definition) is 4. The molecule has 2 aliphatic carbocycles. The normalized spacial score (nSPS) is 27.6. The molecule has 0 saturated heterocycles. The Morgan fingerprint density at radius 2 is 1.73 bits per heavy atom. The molecule has 2 aromatic heterocycles. The molecule has 176 valence electrons. The summed E-state index contributed by atoms with van der Waals surface area (Å²) in [6.07, 6.45) is -2.71. The van der Waals surface area contributed by atoms with Gasteiger partial charge >= 0.3 is 6.18 Å². The van der Waals surface area contributed by atoms with Gasteiger partial charge in [-0.1, -0.05) is 12.1 Å². The predicted molar refractivity (Wildman–Crippen MR) is 108 cm³/mol. The van der Waals surface area contributed by atoms with Crippen LogP contribution in [-0.2, 0) is 16.5 Å². The van der Waals surface area contributed by atoms with Crippen LogP contribution in [0, 0.1) is 5.82 Å². The SMILES string of the molecule is CO[C@]1(c2ccc(F)cc2)CC[C@@H](Oc2ccn3c([C@@H]4C[C@H]4F)nnc3c2C(F)(F)F)CC1. The van der Waals surface area contributed by atoms with Gasteiger partial charge in [-0.3, -0.25) is 4.40 Å². The van der Waals surface area contributed by atoms with Gasteiger partial charge in [-0.15, -0.1) is 10.2 Å². The molecule has 2 heterocycles. The number of pyridine rings is 1. The zero-order chi connectivity index (χ0) is 23.4. The summed E-state index contributed by atoms with van der Waals surface area (Å²) in [5, 5.41) is 7.53. The van der Waals surface area contributed by atoms with Crippen LogP contribution in [0.2, 0.25) is 0 Å². The van der Waals surface area contributed by atoms with Crippen LogP contribution in [0.15, 0.2) is 36.5 Å². The maximum absolute atomic E-state index is 14.0.